The zero-order valence-corrected chi connectivity index (χ0v) is 11.5. The maximum absolute atomic E-state index is 12.1. The second kappa shape index (κ2) is 4.72. The molecule has 1 fully saturated rings. The Kier molecular flexibility index (Phi) is 3.43. The lowest BCUT2D eigenvalue weighted by Crippen LogP contribution is -2.63. The highest BCUT2D eigenvalue weighted by Crippen LogP contribution is 2.25. The Balaban J connectivity index is 1.97. The molecule has 0 radical (unpaired) electrons. The van der Waals surface area contributed by atoms with Crippen molar-refractivity contribution in [2.24, 2.45) is 0 Å². The van der Waals surface area contributed by atoms with Crippen LogP contribution in [0.3, 0.4) is 0 Å². The summed E-state index contributed by atoms with van der Waals surface area (Å²) in [5, 5.41) is 4.29. The first kappa shape index (κ1) is 13.1. The summed E-state index contributed by atoms with van der Waals surface area (Å²) in [6.07, 6.45) is 1.85. The number of likely N-dealkylation sites (tertiary alicyclic amines) is 1. The second-order valence-corrected chi connectivity index (χ2v) is 5.32. The second-order valence-electron chi connectivity index (χ2n) is 5.32. The zero-order chi connectivity index (χ0) is 13.3. The molecule has 5 nitrogen and oxygen atoms in total. The Morgan fingerprint density at radius 2 is 2.22 bits per heavy atom. The quantitative estimate of drug-likeness (QED) is 0.818. The third kappa shape index (κ3) is 2.41. The fraction of sp³-hybridized carbons (Fsp3) is 0.692. The summed E-state index contributed by atoms with van der Waals surface area (Å²) in [7, 11) is 0. The summed E-state index contributed by atoms with van der Waals surface area (Å²) in [6.45, 7) is 10.1. The van der Waals surface area contributed by atoms with E-state index in [0.717, 1.165) is 0 Å². The van der Waals surface area contributed by atoms with Crippen LogP contribution in [0.15, 0.2) is 12.3 Å². The van der Waals surface area contributed by atoms with E-state index in [2.05, 4.69) is 5.10 Å². The first-order chi connectivity index (χ1) is 8.45. The molecule has 5 heteroatoms. The van der Waals surface area contributed by atoms with E-state index in [1.807, 2.05) is 33.9 Å². The van der Waals surface area contributed by atoms with Crippen LogP contribution in [0.2, 0.25) is 0 Å². The number of carbonyl (C=O) groups excluding carboxylic acids is 1. The average Bonchev–Trinajstić information content (AvgIpc) is 2.74. The maximum Gasteiger partial charge on any atom is 0.274 e. The molecule has 0 unspecified atom stereocenters. The Morgan fingerprint density at radius 1 is 1.56 bits per heavy atom. The molecule has 0 N–H and O–H groups in total. The van der Waals surface area contributed by atoms with Gasteiger partial charge in [0, 0.05) is 18.8 Å². The van der Waals surface area contributed by atoms with Gasteiger partial charge in [0.1, 0.15) is 11.3 Å². The highest BCUT2D eigenvalue weighted by molar-refractivity contribution is 5.93. The summed E-state index contributed by atoms with van der Waals surface area (Å²) in [5.41, 5.74) is 0.340. The lowest BCUT2D eigenvalue weighted by molar-refractivity contribution is -0.113. The molecule has 1 aromatic heterocycles. The third-order valence-corrected chi connectivity index (χ3v) is 3.19. The van der Waals surface area contributed by atoms with Gasteiger partial charge in [-0.2, -0.15) is 5.10 Å². The fourth-order valence-corrected chi connectivity index (χ4v) is 2.25. The van der Waals surface area contributed by atoms with Gasteiger partial charge < -0.3 is 9.64 Å². The van der Waals surface area contributed by atoms with E-state index in [0.29, 0.717) is 25.4 Å². The molecule has 1 aliphatic rings. The maximum atomic E-state index is 12.1. The lowest BCUT2D eigenvalue weighted by Gasteiger charge is -2.47. The molecule has 0 atom stereocenters. The molecular weight excluding hydrogens is 230 g/mol. The van der Waals surface area contributed by atoms with Crippen molar-refractivity contribution in [1.29, 1.82) is 0 Å². The Hall–Kier alpha value is -1.36. The van der Waals surface area contributed by atoms with Gasteiger partial charge in [-0.1, -0.05) is 0 Å². The van der Waals surface area contributed by atoms with Crippen molar-refractivity contribution in [3.8, 4) is 0 Å². The molecule has 0 bridgehead atoms. The predicted molar refractivity (Wildman–Crippen MR) is 68.5 cm³/mol. The molecule has 1 amide bonds. The molecule has 100 valence electrons. The molecule has 1 saturated heterocycles. The van der Waals surface area contributed by atoms with Crippen molar-refractivity contribution in [3.63, 3.8) is 0 Å². The van der Waals surface area contributed by atoms with Crippen molar-refractivity contribution >= 4 is 5.91 Å². The van der Waals surface area contributed by atoms with Crippen LogP contribution in [-0.2, 0) is 4.74 Å². The highest BCUT2D eigenvalue weighted by atomic mass is 16.5. The molecule has 0 aromatic carbocycles. The summed E-state index contributed by atoms with van der Waals surface area (Å²) in [5.74, 6) is -0.00780. The van der Waals surface area contributed by atoms with E-state index in [4.69, 9.17) is 4.74 Å². The van der Waals surface area contributed by atoms with E-state index >= 15 is 0 Å². The van der Waals surface area contributed by atoms with Gasteiger partial charge in [0.05, 0.1) is 13.1 Å². The molecule has 2 heterocycles. The van der Waals surface area contributed by atoms with Crippen molar-refractivity contribution in [2.75, 3.05) is 19.7 Å². The van der Waals surface area contributed by atoms with Crippen LogP contribution < -0.4 is 0 Å². The van der Waals surface area contributed by atoms with Crippen LogP contribution in [0, 0.1) is 0 Å². The van der Waals surface area contributed by atoms with Crippen LogP contribution in [-0.4, -0.2) is 45.9 Å². The third-order valence-electron chi connectivity index (χ3n) is 3.19. The molecular formula is C13H21N3O2. The number of amides is 1. The number of hydrogen-bond acceptors (Lipinski definition) is 3. The van der Waals surface area contributed by atoms with Gasteiger partial charge in [0.25, 0.3) is 5.91 Å². The van der Waals surface area contributed by atoms with Gasteiger partial charge in [0.2, 0.25) is 0 Å². The van der Waals surface area contributed by atoms with E-state index in [1.165, 1.54) is 0 Å². The van der Waals surface area contributed by atoms with E-state index in [9.17, 15) is 4.79 Å². The first-order valence-electron chi connectivity index (χ1n) is 6.43. The zero-order valence-electron chi connectivity index (χ0n) is 11.5. The number of rotatable bonds is 4. The number of carbonyl (C=O) groups is 1. The van der Waals surface area contributed by atoms with E-state index < -0.39 is 0 Å². The van der Waals surface area contributed by atoms with Gasteiger partial charge in [-0.25, -0.2) is 0 Å². The molecule has 1 aromatic rings. The monoisotopic (exact) mass is 251 g/mol. The normalized spacial score (nSPS) is 17.9. The van der Waals surface area contributed by atoms with Gasteiger partial charge >= 0.3 is 0 Å². The summed E-state index contributed by atoms with van der Waals surface area (Å²) in [6, 6.07) is 2.05. The van der Waals surface area contributed by atoms with Crippen molar-refractivity contribution in [2.45, 2.75) is 39.3 Å². The summed E-state index contributed by atoms with van der Waals surface area (Å²) >= 11 is 0. The molecule has 0 aliphatic carbocycles. The van der Waals surface area contributed by atoms with Gasteiger partial charge in [0.15, 0.2) is 0 Å². The van der Waals surface area contributed by atoms with Crippen molar-refractivity contribution in [3.05, 3.63) is 18.0 Å². The van der Waals surface area contributed by atoms with Crippen LogP contribution in [0.1, 0.15) is 44.2 Å². The number of aromatic nitrogens is 2. The summed E-state index contributed by atoms with van der Waals surface area (Å²) < 4.78 is 7.41. The molecule has 2 rings (SSSR count). The molecule has 0 saturated carbocycles. The van der Waals surface area contributed by atoms with E-state index in [-0.39, 0.29) is 17.6 Å². The van der Waals surface area contributed by atoms with Gasteiger partial charge in [-0.3, -0.25) is 9.48 Å². The smallest absolute Gasteiger partial charge is 0.274 e. The average molecular weight is 251 g/mol. The minimum absolute atomic E-state index is 0.00780. The Bertz CT molecular complexity index is 433. The van der Waals surface area contributed by atoms with Crippen LogP contribution in [0.25, 0.3) is 0 Å². The molecule has 0 spiro atoms. The minimum Gasteiger partial charge on any atom is -0.372 e. The van der Waals surface area contributed by atoms with E-state index in [1.54, 1.807) is 15.6 Å². The van der Waals surface area contributed by atoms with Crippen molar-refractivity contribution < 1.29 is 9.53 Å². The Morgan fingerprint density at radius 3 is 2.72 bits per heavy atom. The van der Waals surface area contributed by atoms with Crippen LogP contribution >= 0.6 is 0 Å². The van der Waals surface area contributed by atoms with Gasteiger partial charge in [-0.05, 0) is 33.8 Å². The largest absolute Gasteiger partial charge is 0.372 e. The first-order valence-corrected chi connectivity index (χ1v) is 6.43. The number of ether oxygens (including phenoxy) is 1. The molecule has 1 aliphatic heterocycles. The SMILES string of the molecule is CCOC1(C)CN(C(=O)c2ccn(C(C)C)n2)C1. The number of hydrogen-bond donors (Lipinski definition) is 0. The molecule has 18 heavy (non-hydrogen) atoms. The van der Waals surface area contributed by atoms with Crippen LogP contribution in [0.5, 0.6) is 0 Å². The van der Waals surface area contributed by atoms with Crippen molar-refractivity contribution in [1.82, 2.24) is 14.7 Å². The van der Waals surface area contributed by atoms with Crippen LogP contribution in [0.4, 0.5) is 0 Å². The Labute approximate surface area is 108 Å². The summed E-state index contributed by atoms with van der Waals surface area (Å²) in [4.78, 5) is 13.9. The standard InChI is InChI=1S/C13H21N3O2/c1-5-18-13(4)8-15(9-13)12(17)11-6-7-16(14-11)10(2)3/h6-7,10H,5,8-9H2,1-4H3. The predicted octanol–water partition coefficient (Wildman–Crippen LogP) is 1.71. The number of nitrogens with zero attached hydrogens (tertiary/aromatic N) is 3. The van der Waals surface area contributed by atoms with Gasteiger partial charge in [-0.15, -0.1) is 0 Å². The lowest BCUT2D eigenvalue weighted by atomic mass is 9.96. The highest BCUT2D eigenvalue weighted by Gasteiger charge is 2.42. The minimum atomic E-state index is -0.176. The fourth-order valence-electron chi connectivity index (χ4n) is 2.25. The topological polar surface area (TPSA) is 47.4 Å².